The molecule has 0 amide bonds. The number of piperazine rings is 1. The van der Waals surface area contributed by atoms with Gasteiger partial charge in [0, 0.05) is 12.7 Å². The van der Waals surface area contributed by atoms with Crippen LogP contribution in [0.4, 0.5) is 5.82 Å². The van der Waals surface area contributed by atoms with E-state index in [-0.39, 0.29) is 0 Å². The van der Waals surface area contributed by atoms with Gasteiger partial charge >= 0.3 is 0 Å². The van der Waals surface area contributed by atoms with Gasteiger partial charge in [0.1, 0.15) is 18.2 Å². The van der Waals surface area contributed by atoms with Crippen LogP contribution in [0.15, 0.2) is 48.7 Å². The molecule has 1 aliphatic heterocycles. The zero-order valence-electron chi connectivity index (χ0n) is 12.2. The Kier molecular flexibility index (Phi) is 3.70. The van der Waals surface area contributed by atoms with Crippen molar-refractivity contribution in [1.82, 2.24) is 14.8 Å². The molecule has 3 rings (SSSR count). The molecule has 0 spiro atoms. The van der Waals surface area contributed by atoms with Gasteiger partial charge in [0.15, 0.2) is 0 Å². The van der Waals surface area contributed by atoms with Gasteiger partial charge in [0.25, 0.3) is 0 Å². The first-order chi connectivity index (χ1) is 10.2. The maximum absolute atomic E-state index is 9.33. The predicted molar refractivity (Wildman–Crippen MR) is 83.6 cm³/mol. The highest BCUT2D eigenvalue weighted by Gasteiger charge is 2.36. The van der Waals surface area contributed by atoms with Crippen molar-refractivity contribution >= 4 is 5.82 Å². The molecular weight excluding hydrogens is 260 g/mol. The molecule has 1 fully saturated rings. The maximum Gasteiger partial charge on any atom is 0.245 e. The fraction of sp³-hybridized carbons (Fsp3) is 0.294. The Morgan fingerprint density at radius 2 is 2.05 bits per heavy atom. The normalized spacial score (nSPS) is 25.2. The third-order valence-corrected chi connectivity index (χ3v) is 4.20. The Morgan fingerprint density at radius 3 is 2.81 bits per heavy atom. The van der Waals surface area contributed by atoms with Crippen LogP contribution < -0.4 is 9.80 Å². The topological polar surface area (TPSA) is 48.7 Å². The largest absolute Gasteiger partial charge is 0.300 e. The lowest BCUT2D eigenvalue weighted by atomic mass is 10.0. The average molecular weight is 279 g/mol. The van der Waals surface area contributed by atoms with Crippen molar-refractivity contribution in [3.63, 3.8) is 0 Å². The second-order valence-electron chi connectivity index (χ2n) is 5.71. The summed E-state index contributed by atoms with van der Waals surface area (Å²) < 4.78 is 0.691. The summed E-state index contributed by atoms with van der Waals surface area (Å²) in [6, 6.07) is 16.7. The standard InChI is InChI=1S/C17H19N4/c1-21(17-15(12-18)8-5-9-20-17)11-10-19-16(13-21)14-6-3-2-4-7-14/h2-9,16,19H,10-11,13H2,1H3/q+1. The number of likely N-dealkylation sites (N-methyl/N-ethyl adjacent to an activating group) is 1. The van der Waals surface area contributed by atoms with Crippen molar-refractivity contribution < 1.29 is 0 Å². The summed E-state index contributed by atoms with van der Waals surface area (Å²) in [5.41, 5.74) is 1.96. The van der Waals surface area contributed by atoms with Crippen LogP contribution in [0.3, 0.4) is 0 Å². The number of nitrogens with one attached hydrogen (secondary N) is 1. The Hall–Kier alpha value is -2.22. The fourth-order valence-corrected chi connectivity index (χ4v) is 3.06. The zero-order valence-corrected chi connectivity index (χ0v) is 12.2. The third kappa shape index (κ3) is 2.66. The summed E-state index contributed by atoms with van der Waals surface area (Å²) in [5.74, 6) is 0.877. The van der Waals surface area contributed by atoms with Gasteiger partial charge in [-0.15, -0.1) is 0 Å². The van der Waals surface area contributed by atoms with Crippen molar-refractivity contribution in [3.05, 3.63) is 59.8 Å². The van der Waals surface area contributed by atoms with Crippen LogP contribution in [0.1, 0.15) is 17.2 Å². The highest BCUT2D eigenvalue weighted by atomic mass is 15.4. The predicted octanol–water partition coefficient (Wildman–Crippen LogP) is 2.23. The molecule has 4 heteroatoms. The molecule has 2 atom stereocenters. The summed E-state index contributed by atoms with van der Waals surface area (Å²) in [7, 11) is 2.17. The number of aromatic nitrogens is 1. The molecule has 106 valence electrons. The van der Waals surface area contributed by atoms with Gasteiger partial charge in [0.05, 0.1) is 19.6 Å². The van der Waals surface area contributed by atoms with Crippen molar-refractivity contribution in [1.29, 1.82) is 5.26 Å². The van der Waals surface area contributed by atoms with E-state index in [4.69, 9.17) is 0 Å². The van der Waals surface area contributed by atoms with Crippen LogP contribution in [-0.4, -0.2) is 31.7 Å². The summed E-state index contributed by atoms with van der Waals surface area (Å²) in [5, 5.41) is 12.9. The van der Waals surface area contributed by atoms with Crippen LogP contribution in [0, 0.1) is 11.3 Å². The van der Waals surface area contributed by atoms with Gasteiger partial charge in [-0.1, -0.05) is 30.3 Å². The lowest BCUT2D eigenvalue weighted by Crippen LogP contribution is -2.58. The number of hydrogen-bond donors (Lipinski definition) is 1. The van der Waals surface area contributed by atoms with Crippen LogP contribution >= 0.6 is 0 Å². The molecule has 1 aliphatic rings. The van der Waals surface area contributed by atoms with E-state index < -0.39 is 0 Å². The number of rotatable bonds is 2. The lowest BCUT2D eigenvalue weighted by molar-refractivity contribution is 0.235. The van der Waals surface area contributed by atoms with Crippen molar-refractivity contribution in [2.75, 3.05) is 26.7 Å². The van der Waals surface area contributed by atoms with Gasteiger partial charge < -0.3 is 0 Å². The molecule has 0 radical (unpaired) electrons. The van der Waals surface area contributed by atoms with E-state index in [1.54, 1.807) is 6.20 Å². The molecule has 0 aliphatic carbocycles. The molecule has 0 saturated carbocycles. The van der Waals surface area contributed by atoms with Crippen molar-refractivity contribution in [2.24, 2.45) is 0 Å². The molecule has 2 heterocycles. The van der Waals surface area contributed by atoms with Gasteiger partial charge in [-0.05, 0) is 17.7 Å². The number of pyridine rings is 1. The van der Waals surface area contributed by atoms with E-state index in [0.29, 0.717) is 16.1 Å². The van der Waals surface area contributed by atoms with Crippen LogP contribution in [0.25, 0.3) is 0 Å². The zero-order chi connectivity index (χ0) is 14.7. The SMILES string of the molecule is C[N+]1(c2ncccc2C#N)CCNC(c2ccccc2)C1. The van der Waals surface area contributed by atoms with Gasteiger partial charge in [-0.25, -0.2) is 4.98 Å². The molecule has 0 bridgehead atoms. The van der Waals surface area contributed by atoms with Crippen molar-refractivity contribution in [2.45, 2.75) is 6.04 Å². The van der Waals surface area contributed by atoms with E-state index in [1.165, 1.54) is 5.56 Å². The second-order valence-corrected chi connectivity index (χ2v) is 5.71. The minimum atomic E-state index is 0.290. The first-order valence-electron chi connectivity index (χ1n) is 7.21. The van der Waals surface area contributed by atoms with Crippen LogP contribution in [0.2, 0.25) is 0 Å². The van der Waals surface area contributed by atoms with E-state index in [9.17, 15) is 5.26 Å². The van der Waals surface area contributed by atoms with E-state index >= 15 is 0 Å². The minimum absolute atomic E-state index is 0.290. The summed E-state index contributed by atoms with van der Waals surface area (Å²) in [6.45, 7) is 2.75. The Balaban J connectivity index is 1.93. The molecule has 1 N–H and O–H groups in total. The Morgan fingerprint density at radius 1 is 1.24 bits per heavy atom. The molecule has 1 aromatic heterocycles. The summed E-state index contributed by atoms with van der Waals surface area (Å²) in [6.07, 6.45) is 1.78. The van der Waals surface area contributed by atoms with Gasteiger partial charge in [-0.2, -0.15) is 5.26 Å². The molecule has 21 heavy (non-hydrogen) atoms. The monoisotopic (exact) mass is 279 g/mol. The summed E-state index contributed by atoms with van der Waals surface area (Å²) >= 11 is 0. The maximum atomic E-state index is 9.33. The number of quaternary nitrogens is 1. The molecule has 1 aromatic carbocycles. The van der Waals surface area contributed by atoms with E-state index in [0.717, 1.165) is 25.5 Å². The number of nitriles is 1. The van der Waals surface area contributed by atoms with Gasteiger partial charge in [-0.3, -0.25) is 9.80 Å². The third-order valence-electron chi connectivity index (χ3n) is 4.20. The van der Waals surface area contributed by atoms with E-state index in [2.05, 4.69) is 47.7 Å². The molecule has 2 unspecified atom stereocenters. The number of nitrogens with zero attached hydrogens (tertiary/aromatic N) is 3. The first-order valence-corrected chi connectivity index (χ1v) is 7.21. The highest BCUT2D eigenvalue weighted by Crippen LogP contribution is 2.28. The first kappa shape index (κ1) is 13.7. The fourth-order valence-electron chi connectivity index (χ4n) is 3.06. The Bertz CT molecular complexity index is 662. The lowest BCUT2D eigenvalue weighted by Gasteiger charge is -2.40. The number of hydrogen-bond acceptors (Lipinski definition) is 3. The smallest absolute Gasteiger partial charge is 0.245 e. The molecule has 2 aromatic rings. The van der Waals surface area contributed by atoms with Crippen LogP contribution in [0.5, 0.6) is 0 Å². The molecule has 1 saturated heterocycles. The van der Waals surface area contributed by atoms with Gasteiger partial charge in [0.2, 0.25) is 5.82 Å². The minimum Gasteiger partial charge on any atom is -0.300 e. The summed E-state index contributed by atoms with van der Waals surface area (Å²) in [4.78, 5) is 4.50. The molecule has 4 nitrogen and oxygen atoms in total. The van der Waals surface area contributed by atoms with Crippen LogP contribution in [-0.2, 0) is 0 Å². The number of benzene rings is 1. The molecular formula is C17H19N4+. The van der Waals surface area contributed by atoms with Crippen molar-refractivity contribution in [3.8, 4) is 6.07 Å². The average Bonchev–Trinajstić information content (AvgIpc) is 2.56. The van der Waals surface area contributed by atoms with E-state index in [1.807, 2.05) is 18.2 Å². The second kappa shape index (κ2) is 5.65. The Labute approximate surface area is 125 Å². The quantitative estimate of drug-likeness (QED) is 0.858. The highest BCUT2D eigenvalue weighted by molar-refractivity contribution is 5.51.